The molecular weight excluding hydrogens is 350 g/mol. The molecule has 0 bridgehead atoms. The van der Waals surface area contributed by atoms with E-state index < -0.39 is 0 Å². The van der Waals surface area contributed by atoms with E-state index in [9.17, 15) is 0 Å². The maximum absolute atomic E-state index is 5.20. The van der Waals surface area contributed by atoms with Gasteiger partial charge in [-0.05, 0) is 50.2 Å². The second-order valence-electron chi connectivity index (χ2n) is 7.54. The quantitative estimate of drug-likeness (QED) is 0.541. The highest BCUT2D eigenvalue weighted by Crippen LogP contribution is 2.33. The van der Waals surface area contributed by atoms with Crippen molar-refractivity contribution in [2.75, 3.05) is 13.1 Å². The average Bonchev–Trinajstić information content (AvgIpc) is 3.39. The largest absolute Gasteiger partial charge is 0.472 e. The molecule has 0 spiro atoms. The Kier molecular flexibility index (Phi) is 4.41. The number of imidazole rings is 1. The van der Waals surface area contributed by atoms with Gasteiger partial charge in [-0.3, -0.25) is 14.9 Å². The summed E-state index contributed by atoms with van der Waals surface area (Å²) in [4.78, 5) is 16.4. The lowest BCUT2D eigenvalue weighted by Gasteiger charge is -2.31. The molecule has 0 N–H and O–H groups in total. The molecule has 0 aliphatic carbocycles. The monoisotopic (exact) mass is 373 g/mol. The van der Waals surface area contributed by atoms with Crippen LogP contribution in [0.2, 0.25) is 0 Å². The van der Waals surface area contributed by atoms with Crippen LogP contribution in [0.1, 0.15) is 30.0 Å². The van der Waals surface area contributed by atoms with E-state index in [4.69, 9.17) is 9.40 Å². The number of piperidine rings is 1. The Morgan fingerprint density at radius 3 is 2.86 bits per heavy atom. The first-order chi connectivity index (χ1) is 13.8. The van der Waals surface area contributed by atoms with E-state index in [1.54, 1.807) is 12.5 Å². The van der Waals surface area contributed by atoms with Crippen molar-refractivity contribution in [3.8, 4) is 11.3 Å². The summed E-state index contributed by atoms with van der Waals surface area (Å²) in [5.41, 5.74) is 6.43. The first-order valence-electron chi connectivity index (χ1n) is 9.74. The molecule has 1 fully saturated rings. The van der Waals surface area contributed by atoms with Crippen molar-refractivity contribution < 1.29 is 4.42 Å². The Labute approximate surface area is 163 Å². The zero-order valence-electron chi connectivity index (χ0n) is 16.0. The van der Waals surface area contributed by atoms with Crippen LogP contribution in [0.15, 0.2) is 59.9 Å². The van der Waals surface area contributed by atoms with Gasteiger partial charge >= 0.3 is 0 Å². The second-order valence-corrected chi connectivity index (χ2v) is 7.54. The van der Waals surface area contributed by atoms with Crippen LogP contribution < -0.4 is 0 Å². The van der Waals surface area contributed by atoms with Gasteiger partial charge in [-0.2, -0.15) is 0 Å². The zero-order chi connectivity index (χ0) is 18.9. The summed E-state index contributed by atoms with van der Waals surface area (Å²) in [5.74, 6) is 0.468. The number of likely N-dealkylation sites (tertiary alicyclic amines) is 1. The van der Waals surface area contributed by atoms with E-state index in [-0.39, 0.29) is 0 Å². The highest BCUT2D eigenvalue weighted by molar-refractivity contribution is 5.89. The molecule has 1 saturated heterocycles. The first-order valence-corrected chi connectivity index (χ1v) is 9.74. The molecule has 6 nitrogen and oxygen atoms in total. The SMILES string of the molecule is Cn1cnc2c(-c3cccnc3)nc(C3CCN(Cc4ccoc4)CC3)cc21. The molecule has 0 amide bonds. The van der Waals surface area contributed by atoms with E-state index >= 15 is 0 Å². The summed E-state index contributed by atoms with van der Waals surface area (Å²) in [6.45, 7) is 3.10. The van der Waals surface area contributed by atoms with Gasteiger partial charge in [0, 0.05) is 48.7 Å². The highest BCUT2D eigenvalue weighted by Gasteiger charge is 2.24. The Balaban J connectivity index is 1.43. The summed E-state index contributed by atoms with van der Waals surface area (Å²) in [6.07, 6.45) is 11.3. The van der Waals surface area contributed by atoms with Gasteiger partial charge in [0.05, 0.1) is 30.1 Å². The molecule has 4 aromatic heterocycles. The lowest BCUT2D eigenvalue weighted by Crippen LogP contribution is -2.32. The summed E-state index contributed by atoms with van der Waals surface area (Å²) < 4.78 is 7.27. The van der Waals surface area contributed by atoms with Crippen LogP contribution in [0.4, 0.5) is 0 Å². The first kappa shape index (κ1) is 17.1. The van der Waals surface area contributed by atoms with Crippen LogP contribution in [0, 0.1) is 0 Å². The lowest BCUT2D eigenvalue weighted by molar-refractivity contribution is 0.203. The minimum Gasteiger partial charge on any atom is -0.472 e. The highest BCUT2D eigenvalue weighted by atomic mass is 16.3. The lowest BCUT2D eigenvalue weighted by atomic mass is 9.92. The van der Waals surface area contributed by atoms with Gasteiger partial charge in [-0.15, -0.1) is 0 Å². The number of nitrogens with zero attached hydrogens (tertiary/aromatic N) is 5. The van der Waals surface area contributed by atoms with Gasteiger partial charge in [0.25, 0.3) is 0 Å². The van der Waals surface area contributed by atoms with Gasteiger partial charge < -0.3 is 8.98 Å². The van der Waals surface area contributed by atoms with Gasteiger partial charge in [0.15, 0.2) is 0 Å². The van der Waals surface area contributed by atoms with Crippen LogP contribution in [-0.2, 0) is 13.6 Å². The maximum atomic E-state index is 5.20. The normalized spacial score (nSPS) is 16.0. The molecule has 0 radical (unpaired) electrons. The van der Waals surface area contributed by atoms with Crippen molar-refractivity contribution in [3.63, 3.8) is 0 Å². The van der Waals surface area contributed by atoms with Crippen molar-refractivity contribution >= 4 is 11.0 Å². The third-order valence-corrected chi connectivity index (χ3v) is 5.66. The molecule has 142 valence electrons. The molecule has 6 heteroatoms. The van der Waals surface area contributed by atoms with Crippen LogP contribution in [0.5, 0.6) is 0 Å². The summed E-state index contributed by atoms with van der Waals surface area (Å²) in [6, 6.07) is 8.27. The Morgan fingerprint density at radius 1 is 1.21 bits per heavy atom. The Bertz CT molecular complexity index is 1060. The van der Waals surface area contributed by atoms with E-state index in [1.165, 1.54) is 5.56 Å². The third-order valence-electron chi connectivity index (χ3n) is 5.66. The van der Waals surface area contributed by atoms with Crippen LogP contribution in [0.3, 0.4) is 0 Å². The number of rotatable bonds is 4. The number of fused-ring (bicyclic) bond motifs is 1. The van der Waals surface area contributed by atoms with Crippen LogP contribution >= 0.6 is 0 Å². The molecule has 4 aromatic rings. The van der Waals surface area contributed by atoms with E-state index in [0.717, 1.165) is 60.5 Å². The molecule has 0 atom stereocenters. The minimum atomic E-state index is 0.468. The summed E-state index contributed by atoms with van der Waals surface area (Å²) >= 11 is 0. The predicted molar refractivity (Wildman–Crippen MR) is 108 cm³/mol. The zero-order valence-corrected chi connectivity index (χ0v) is 16.0. The number of furan rings is 1. The predicted octanol–water partition coefficient (Wildman–Crippen LogP) is 4.00. The third kappa shape index (κ3) is 3.20. The molecule has 0 aromatic carbocycles. The topological polar surface area (TPSA) is 60.0 Å². The number of pyridine rings is 2. The second kappa shape index (κ2) is 7.20. The molecular formula is C22H23N5O. The fourth-order valence-corrected chi connectivity index (χ4v) is 4.09. The minimum absolute atomic E-state index is 0.468. The van der Waals surface area contributed by atoms with Crippen molar-refractivity contribution in [1.82, 2.24) is 24.4 Å². The maximum Gasteiger partial charge on any atom is 0.115 e. The summed E-state index contributed by atoms with van der Waals surface area (Å²) in [5, 5.41) is 0. The van der Waals surface area contributed by atoms with Gasteiger partial charge in [0.1, 0.15) is 5.52 Å². The molecule has 1 aliphatic heterocycles. The smallest absolute Gasteiger partial charge is 0.115 e. The molecule has 0 unspecified atom stereocenters. The fourth-order valence-electron chi connectivity index (χ4n) is 4.09. The number of aryl methyl sites for hydroxylation is 1. The Morgan fingerprint density at radius 2 is 2.11 bits per heavy atom. The Hall–Kier alpha value is -2.99. The molecule has 5 heterocycles. The van der Waals surface area contributed by atoms with Gasteiger partial charge in [-0.25, -0.2) is 4.98 Å². The molecule has 1 aliphatic rings. The average molecular weight is 373 g/mol. The number of hydrogen-bond donors (Lipinski definition) is 0. The van der Waals surface area contributed by atoms with E-state index in [0.29, 0.717) is 5.92 Å². The van der Waals surface area contributed by atoms with Crippen molar-refractivity contribution in [2.45, 2.75) is 25.3 Å². The van der Waals surface area contributed by atoms with E-state index in [2.05, 4.69) is 31.6 Å². The standard InChI is InChI=1S/C22H23N5O/c1-26-15-24-22-20(26)11-19(25-21(22)18-3-2-7-23-12-18)17-4-8-27(9-5-17)13-16-6-10-28-14-16/h2-3,6-7,10-12,14-15,17H,4-5,8-9,13H2,1H3. The fraction of sp³-hybridized carbons (Fsp3) is 0.318. The van der Waals surface area contributed by atoms with Crippen LogP contribution in [0.25, 0.3) is 22.3 Å². The van der Waals surface area contributed by atoms with E-state index in [1.807, 2.05) is 38.0 Å². The molecule has 5 rings (SSSR count). The van der Waals surface area contributed by atoms with Crippen LogP contribution in [-0.4, -0.2) is 37.5 Å². The van der Waals surface area contributed by atoms with Crippen molar-refractivity contribution in [1.29, 1.82) is 0 Å². The number of aromatic nitrogens is 4. The molecule has 0 saturated carbocycles. The van der Waals surface area contributed by atoms with Gasteiger partial charge in [-0.1, -0.05) is 0 Å². The van der Waals surface area contributed by atoms with Crippen molar-refractivity contribution in [2.24, 2.45) is 7.05 Å². The summed E-state index contributed by atoms with van der Waals surface area (Å²) in [7, 11) is 2.04. The van der Waals surface area contributed by atoms with Gasteiger partial charge in [0.2, 0.25) is 0 Å². The number of hydrogen-bond acceptors (Lipinski definition) is 5. The van der Waals surface area contributed by atoms with Crippen molar-refractivity contribution in [3.05, 3.63) is 66.8 Å². The molecule has 28 heavy (non-hydrogen) atoms.